The van der Waals surface area contributed by atoms with Crippen molar-refractivity contribution in [3.8, 4) is 11.5 Å². The van der Waals surface area contributed by atoms with Gasteiger partial charge in [0.15, 0.2) is 11.5 Å². The second kappa shape index (κ2) is 8.23. The highest BCUT2D eigenvalue weighted by Crippen LogP contribution is 2.42. The largest absolute Gasteiger partial charge is 0.503 e. The summed E-state index contributed by atoms with van der Waals surface area (Å²) in [6.07, 6.45) is -0.269. The molecule has 0 aliphatic carbocycles. The first-order valence-corrected chi connectivity index (χ1v) is 10.9. The van der Waals surface area contributed by atoms with E-state index in [1.54, 1.807) is 24.0 Å². The molecule has 30 heavy (non-hydrogen) atoms. The Morgan fingerprint density at radius 1 is 1.33 bits per heavy atom. The first-order valence-electron chi connectivity index (χ1n) is 9.71. The van der Waals surface area contributed by atoms with Crippen molar-refractivity contribution < 1.29 is 24.2 Å². The van der Waals surface area contributed by atoms with E-state index < -0.39 is 6.17 Å². The highest BCUT2D eigenvalue weighted by Gasteiger charge is 2.35. The molecule has 2 amide bonds. The number of nitrogens with zero attached hydrogens (tertiary/aromatic N) is 1. The molecule has 3 heterocycles. The molecule has 4 rings (SSSR count). The number of phenols is 1. The van der Waals surface area contributed by atoms with Crippen molar-refractivity contribution in [1.82, 2.24) is 10.2 Å². The van der Waals surface area contributed by atoms with Crippen molar-refractivity contribution in [3.05, 3.63) is 38.7 Å². The molecule has 0 saturated carbocycles. The number of rotatable bonds is 4. The van der Waals surface area contributed by atoms with E-state index in [1.165, 1.54) is 11.3 Å². The minimum Gasteiger partial charge on any atom is -0.503 e. The topological polar surface area (TPSA) is 100 Å². The summed E-state index contributed by atoms with van der Waals surface area (Å²) < 4.78 is 10.5. The molecule has 1 atom stereocenters. The van der Waals surface area contributed by atoms with Gasteiger partial charge in [-0.1, -0.05) is 11.6 Å². The van der Waals surface area contributed by atoms with E-state index >= 15 is 0 Å². The quantitative estimate of drug-likeness (QED) is 0.652. The van der Waals surface area contributed by atoms with Crippen LogP contribution in [0.15, 0.2) is 12.1 Å². The second-order valence-corrected chi connectivity index (χ2v) is 8.42. The molecule has 0 radical (unpaired) electrons. The average molecular weight is 452 g/mol. The van der Waals surface area contributed by atoms with Crippen LogP contribution in [0.1, 0.15) is 46.4 Å². The fourth-order valence-corrected chi connectivity index (χ4v) is 5.19. The van der Waals surface area contributed by atoms with E-state index in [9.17, 15) is 14.7 Å². The Morgan fingerprint density at radius 2 is 2.13 bits per heavy atom. The van der Waals surface area contributed by atoms with Gasteiger partial charge in [-0.15, -0.1) is 11.3 Å². The van der Waals surface area contributed by atoms with Gasteiger partial charge in [-0.05, 0) is 43.5 Å². The Labute approximate surface area is 182 Å². The fraction of sp³-hybridized carbons (Fsp3) is 0.400. The number of thiophene rings is 1. The van der Waals surface area contributed by atoms with Crippen molar-refractivity contribution >= 4 is 39.9 Å². The normalized spacial score (nSPS) is 17.5. The SMILES string of the molecule is CCOC(=O)N1CCc2c(sc3c2C(=O)N[C@H](c2cc(Cl)c(O)c(OCC)c2)N3)C1. The van der Waals surface area contributed by atoms with Gasteiger partial charge in [0.05, 0.1) is 30.3 Å². The number of phenolic OH excluding ortho intramolecular Hbond substituents is 1. The van der Waals surface area contributed by atoms with Crippen molar-refractivity contribution in [1.29, 1.82) is 0 Å². The number of fused-ring (bicyclic) bond motifs is 3. The molecule has 0 unspecified atom stereocenters. The summed E-state index contributed by atoms with van der Waals surface area (Å²) in [5.41, 5.74) is 2.27. The molecule has 2 aliphatic heterocycles. The van der Waals surface area contributed by atoms with Crippen LogP contribution in [-0.4, -0.2) is 41.8 Å². The molecule has 2 aliphatic rings. The van der Waals surface area contributed by atoms with Crippen molar-refractivity contribution in [2.75, 3.05) is 25.1 Å². The Kier molecular flexibility index (Phi) is 5.66. The van der Waals surface area contributed by atoms with Crippen molar-refractivity contribution in [3.63, 3.8) is 0 Å². The number of benzene rings is 1. The third kappa shape index (κ3) is 3.63. The predicted molar refractivity (Wildman–Crippen MR) is 114 cm³/mol. The van der Waals surface area contributed by atoms with Crippen LogP contribution in [0.2, 0.25) is 5.02 Å². The Balaban J connectivity index is 1.61. The van der Waals surface area contributed by atoms with Gasteiger partial charge in [-0.3, -0.25) is 4.79 Å². The van der Waals surface area contributed by atoms with E-state index in [0.29, 0.717) is 43.9 Å². The van der Waals surface area contributed by atoms with Gasteiger partial charge in [0.2, 0.25) is 0 Å². The van der Waals surface area contributed by atoms with E-state index in [4.69, 9.17) is 21.1 Å². The smallest absolute Gasteiger partial charge is 0.410 e. The lowest BCUT2D eigenvalue weighted by atomic mass is 10.0. The van der Waals surface area contributed by atoms with E-state index in [1.807, 2.05) is 6.92 Å². The van der Waals surface area contributed by atoms with Gasteiger partial charge >= 0.3 is 6.09 Å². The number of carbonyl (C=O) groups excluding carboxylic acids is 2. The van der Waals surface area contributed by atoms with Crippen LogP contribution in [0, 0.1) is 0 Å². The zero-order chi connectivity index (χ0) is 21.4. The third-order valence-corrected chi connectivity index (χ3v) is 6.48. The van der Waals surface area contributed by atoms with Crippen LogP contribution in [0.3, 0.4) is 0 Å². The molecule has 2 aromatic rings. The standard InChI is InChI=1S/C20H22ClN3O5S/c1-3-28-13-8-10(7-12(21)16(13)25)17-22-18(26)15-11-5-6-24(20(27)29-4-2)9-14(11)30-19(15)23-17/h7-8,17,23,25H,3-6,9H2,1-2H3,(H,22,26)/t17-/m0/s1. The van der Waals surface area contributed by atoms with Gasteiger partial charge < -0.3 is 30.1 Å². The van der Waals surface area contributed by atoms with Gasteiger partial charge in [-0.25, -0.2) is 4.79 Å². The average Bonchev–Trinajstić information content (AvgIpc) is 3.09. The number of hydrogen-bond donors (Lipinski definition) is 3. The molecular weight excluding hydrogens is 430 g/mol. The third-order valence-electron chi connectivity index (χ3n) is 5.04. The number of anilines is 1. The molecular formula is C20H22ClN3O5S. The van der Waals surface area contributed by atoms with Crippen molar-refractivity contribution in [2.24, 2.45) is 0 Å². The molecule has 0 saturated heterocycles. The molecule has 1 aromatic carbocycles. The maximum Gasteiger partial charge on any atom is 0.410 e. The lowest BCUT2D eigenvalue weighted by molar-refractivity contribution is 0.0934. The summed E-state index contributed by atoms with van der Waals surface area (Å²) in [5, 5.41) is 17.3. The second-order valence-electron chi connectivity index (χ2n) is 6.91. The number of hydrogen-bond acceptors (Lipinski definition) is 7. The Bertz CT molecular complexity index is 1010. The maximum atomic E-state index is 12.9. The summed E-state index contributed by atoms with van der Waals surface area (Å²) in [6.45, 7) is 5.22. The van der Waals surface area contributed by atoms with E-state index in [-0.39, 0.29) is 28.5 Å². The van der Waals surface area contributed by atoms with Crippen molar-refractivity contribution in [2.45, 2.75) is 33.0 Å². The predicted octanol–water partition coefficient (Wildman–Crippen LogP) is 3.87. The summed E-state index contributed by atoms with van der Waals surface area (Å²) in [6, 6.07) is 3.25. The zero-order valence-electron chi connectivity index (χ0n) is 16.6. The van der Waals surface area contributed by atoms with Crippen LogP contribution in [-0.2, 0) is 17.7 Å². The molecule has 10 heteroatoms. The number of carbonyl (C=O) groups is 2. The molecule has 3 N–H and O–H groups in total. The molecule has 1 aromatic heterocycles. The minimum absolute atomic E-state index is 0.129. The lowest BCUT2D eigenvalue weighted by Crippen LogP contribution is -2.39. The molecule has 0 fully saturated rings. The Hall–Kier alpha value is -2.65. The maximum absolute atomic E-state index is 12.9. The first-order chi connectivity index (χ1) is 14.4. The van der Waals surface area contributed by atoms with Gasteiger partial charge in [0.25, 0.3) is 5.91 Å². The van der Waals surface area contributed by atoms with Crippen LogP contribution in [0.4, 0.5) is 9.80 Å². The summed E-state index contributed by atoms with van der Waals surface area (Å²) >= 11 is 7.61. The highest BCUT2D eigenvalue weighted by molar-refractivity contribution is 7.16. The van der Waals surface area contributed by atoms with E-state index in [2.05, 4.69) is 10.6 Å². The summed E-state index contributed by atoms with van der Waals surface area (Å²) in [5.74, 6) is -0.0499. The van der Waals surface area contributed by atoms with Gasteiger partial charge in [0, 0.05) is 11.4 Å². The van der Waals surface area contributed by atoms with Crippen LogP contribution >= 0.6 is 22.9 Å². The fourth-order valence-electron chi connectivity index (χ4n) is 3.68. The van der Waals surface area contributed by atoms with E-state index in [0.717, 1.165) is 15.4 Å². The molecule has 0 bridgehead atoms. The number of amides is 2. The minimum atomic E-state index is -0.524. The summed E-state index contributed by atoms with van der Waals surface area (Å²) in [4.78, 5) is 27.6. The monoisotopic (exact) mass is 451 g/mol. The summed E-state index contributed by atoms with van der Waals surface area (Å²) in [7, 11) is 0. The Morgan fingerprint density at radius 3 is 2.87 bits per heavy atom. The molecule has 8 nitrogen and oxygen atoms in total. The zero-order valence-corrected chi connectivity index (χ0v) is 18.2. The number of aromatic hydroxyl groups is 1. The van der Waals surface area contributed by atoms with Gasteiger partial charge in [0.1, 0.15) is 11.2 Å². The van der Waals surface area contributed by atoms with Crippen LogP contribution < -0.4 is 15.4 Å². The van der Waals surface area contributed by atoms with Gasteiger partial charge in [-0.2, -0.15) is 0 Å². The number of halogens is 1. The number of nitrogens with one attached hydrogen (secondary N) is 2. The highest BCUT2D eigenvalue weighted by atomic mass is 35.5. The number of ether oxygens (including phenoxy) is 2. The lowest BCUT2D eigenvalue weighted by Gasteiger charge is -2.28. The molecule has 160 valence electrons. The first kappa shape index (κ1) is 20.6. The van der Waals surface area contributed by atoms with Crippen LogP contribution in [0.5, 0.6) is 11.5 Å². The molecule has 0 spiro atoms. The van der Waals surface area contributed by atoms with Crippen LogP contribution in [0.25, 0.3) is 0 Å².